The first-order valence-electron chi connectivity index (χ1n) is 3.24. The highest BCUT2D eigenvalue weighted by atomic mass is 127. The fourth-order valence-corrected chi connectivity index (χ4v) is 0.801. The molecule has 62 valence electrons. The van der Waals surface area contributed by atoms with Crippen LogP contribution in [0.25, 0.3) is 0 Å². The summed E-state index contributed by atoms with van der Waals surface area (Å²) in [5.74, 6) is 2.77. The molecule has 0 bridgehead atoms. The number of nitrogens with zero attached hydrogens (tertiary/aromatic N) is 1. The molecule has 0 aromatic heterocycles. The van der Waals surface area contributed by atoms with E-state index in [4.69, 9.17) is 5.73 Å². The van der Waals surface area contributed by atoms with Crippen LogP contribution in [-0.4, -0.2) is 23.5 Å². The molecule has 0 heterocycles. The van der Waals surface area contributed by atoms with Crippen molar-refractivity contribution in [3.8, 4) is 9.85 Å². The molecule has 0 atom stereocenters. The van der Waals surface area contributed by atoms with Crippen LogP contribution in [0, 0.1) is 9.85 Å². The highest BCUT2D eigenvalue weighted by Gasteiger charge is 2.10. The summed E-state index contributed by atoms with van der Waals surface area (Å²) in [4.78, 5) is 12.2. The Morgan fingerprint density at radius 2 is 2.27 bits per heavy atom. The van der Waals surface area contributed by atoms with Crippen molar-refractivity contribution in [2.45, 2.75) is 19.9 Å². The molecule has 0 fully saturated rings. The topological polar surface area (TPSA) is 46.3 Å². The van der Waals surface area contributed by atoms with E-state index in [1.807, 2.05) is 36.4 Å². The number of carbonyl (C=O) groups excluding carboxylic acids is 1. The molecule has 11 heavy (non-hydrogen) atoms. The van der Waals surface area contributed by atoms with Crippen LogP contribution in [0.15, 0.2) is 0 Å². The van der Waals surface area contributed by atoms with Crippen LogP contribution in [-0.2, 0) is 0 Å². The predicted octanol–water partition coefficient (Wildman–Crippen LogP) is 1.17. The molecule has 0 aromatic carbocycles. The van der Waals surface area contributed by atoms with Crippen LogP contribution in [0.5, 0.6) is 0 Å². The highest BCUT2D eigenvalue weighted by Crippen LogP contribution is 1.95. The first-order chi connectivity index (χ1) is 5.09. The number of rotatable bonds is 2. The molecule has 0 aliphatic carbocycles. The standard InChI is InChI=1S/C7H11IN2O/c1-6(2)10(7(9)11)5-3-4-8/h6H,5H2,1-2H3,(H2,9,11). The molecule has 0 aromatic rings. The van der Waals surface area contributed by atoms with Crippen molar-refractivity contribution >= 4 is 28.6 Å². The zero-order valence-corrected chi connectivity index (χ0v) is 8.75. The van der Waals surface area contributed by atoms with Crippen molar-refractivity contribution in [3.05, 3.63) is 0 Å². The number of hydrogen-bond acceptors (Lipinski definition) is 1. The van der Waals surface area contributed by atoms with Gasteiger partial charge in [-0.2, -0.15) is 0 Å². The third-order valence-electron chi connectivity index (χ3n) is 1.22. The number of hydrogen-bond donors (Lipinski definition) is 1. The molecule has 4 heteroatoms. The van der Waals surface area contributed by atoms with Gasteiger partial charge in [0.05, 0.1) is 6.54 Å². The summed E-state index contributed by atoms with van der Waals surface area (Å²) in [6, 6.07) is -0.302. The second-order valence-corrected chi connectivity index (χ2v) is 2.87. The molecule has 0 unspecified atom stereocenters. The molecule has 0 aliphatic rings. The van der Waals surface area contributed by atoms with Gasteiger partial charge in [-0.15, -0.1) is 0 Å². The molecule has 2 N–H and O–H groups in total. The van der Waals surface area contributed by atoms with Crippen molar-refractivity contribution in [3.63, 3.8) is 0 Å². The van der Waals surface area contributed by atoms with Gasteiger partial charge in [0, 0.05) is 28.6 Å². The fourth-order valence-electron chi connectivity index (χ4n) is 0.630. The van der Waals surface area contributed by atoms with Crippen LogP contribution in [0.3, 0.4) is 0 Å². The van der Waals surface area contributed by atoms with Gasteiger partial charge in [-0.3, -0.25) is 0 Å². The van der Waals surface area contributed by atoms with Gasteiger partial charge in [0.25, 0.3) is 0 Å². The third kappa shape index (κ3) is 4.09. The fraction of sp³-hybridized carbons (Fsp3) is 0.571. The van der Waals surface area contributed by atoms with Gasteiger partial charge in [-0.1, -0.05) is 5.92 Å². The van der Waals surface area contributed by atoms with Gasteiger partial charge in [-0.25, -0.2) is 4.79 Å². The maximum Gasteiger partial charge on any atom is 0.315 e. The van der Waals surface area contributed by atoms with Crippen LogP contribution < -0.4 is 5.73 Å². The lowest BCUT2D eigenvalue weighted by Gasteiger charge is -2.21. The van der Waals surface area contributed by atoms with Gasteiger partial charge in [0.15, 0.2) is 0 Å². The minimum absolute atomic E-state index is 0.116. The zero-order chi connectivity index (χ0) is 8.85. The van der Waals surface area contributed by atoms with Gasteiger partial charge in [-0.05, 0) is 17.8 Å². The van der Waals surface area contributed by atoms with E-state index >= 15 is 0 Å². The van der Waals surface area contributed by atoms with Gasteiger partial charge in [0.2, 0.25) is 0 Å². The quantitative estimate of drug-likeness (QED) is 0.592. The summed E-state index contributed by atoms with van der Waals surface area (Å²) in [6.07, 6.45) is 0. The van der Waals surface area contributed by atoms with Crippen molar-refractivity contribution in [2.75, 3.05) is 6.54 Å². The number of primary amides is 1. The van der Waals surface area contributed by atoms with E-state index in [-0.39, 0.29) is 6.04 Å². The Balaban J connectivity index is 4.08. The first-order valence-corrected chi connectivity index (χ1v) is 4.32. The largest absolute Gasteiger partial charge is 0.351 e. The Kier molecular flexibility index (Phi) is 5.03. The van der Waals surface area contributed by atoms with Crippen LogP contribution in [0.1, 0.15) is 13.8 Å². The van der Waals surface area contributed by atoms with Crippen molar-refractivity contribution in [1.29, 1.82) is 0 Å². The maximum absolute atomic E-state index is 10.7. The summed E-state index contributed by atoms with van der Waals surface area (Å²) in [7, 11) is 0. The normalized spacial score (nSPS) is 8.73. The lowest BCUT2D eigenvalue weighted by atomic mass is 10.3. The van der Waals surface area contributed by atoms with Crippen molar-refractivity contribution in [2.24, 2.45) is 5.73 Å². The van der Waals surface area contributed by atoms with Crippen LogP contribution in [0.4, 0.5) is 4.79 Å². The van der Waals surface area contributed by atoms with Gasteiger partial charge >= 0.3 is 6.03 Å². The lowest BCUT2D eigenvalue weighted by molar-refractivity contribution is 0.201. The van der Waals surface area contributed by atoms with Gasteiger partial charge < -0.3 is 10.6 Å². The summed E-state index contributed by atoms with van der Waals surface area (Å²) in [5, 5.41) is 0. The number of nitrogens with two attached hydrogens (primary N) is 1. The highest BCUT2D eigenvalue weighted by molar-refractivity contribution is 14.1. The average molecular weight is 266 g/mol. The van der Waals surface area contributed by atoms with Crippen molar-refractivity contribution < 1.29 is 4.79 Å². The molecular formula is C7H11IN2O. The Morgan fingerprint density at radius 3 is 2.55 bits per heavy atom. The predicted molar refractivity (Wildman–Crippen MR) is 53.2 cm³/mol. The monoisotopic (exact) mass is 266 g/mol. The zero-order valence-electron chi connectivity index (χ0n) is 6.60. The second-order valence-electron chi connectivity index (χ2n) is 2.33. The van der Waals surface area contributed by atoms with E-state index in [0.29, 0.717) is 6.54 Å². The third-order valence-corrected chi connectivity index (χ3v) is 1.60. The molecular weight excluding hydrogens is 255 g/mol. The Bertz CT molecular complexity index is 192. The van der Waals surface area contributed by atoms with E-state index in [1.54, 1.807) is 0 Å². The van der Waals surface area contributed by atoms with Crippen LogP contribution in [0.2, 0.25) is 0 Å². The number of carbonyl (C=O) groups is 1. The van der Waals surface area contributed by atoms with E-state index < -0.39 is 6.03 Å². The van der Waals surface area contributed by atoms with Crippen LogP contribution >= 0.6 is 22.6 Å². The lowest BCUT2D eigenvalue weighted by Crippen LogP contribution is -2.40. The number of amides is 2. The number of urea groups is 1. The molecule has 3 nitrogen and oxygen atoms in total. The minimum atomic E-state index is -0.417. The Labute approximate surface area is 80.5 Å². The molecule has 0 rings (SSSR count). The molecule has 0 saturated heterocycles. The van der Waals surface area contributed by atoms with E-state index in [0.717, 1.165) is 0 Å². The molecule has 0 radical (unpaired) electrons. The smallest absolute Gasteiger partial charge is 0.315 e. The van der Waals surface area contributed by atoms with E-state index in [9.17, 15) is 4.79 Å². The maximum atomic E-state index is 10.7. The summed E-state index contributed by atoms with van der Waals surface area (Å²) in [6.45, 7) is 4.22. The summed E-state index contributed by atoms with van der Waals surface area (Å²) < 4.78 is 2.68. The Morgan fingerprint density at radius 1 is 1.73 bits per heavy atom. The van der Waals surface area contributed by atoms with Crippen molar-refractivity contribution in [1.82, 2.24) is 4.90 Å². The van der Waals surface area contributed by atoms with Gasteiger partial charge in [0.1, 0.15) is 0 Å². The molecule has 0 saturated carbocycles. The Hall–Kier alpha value is -0.440. The van der Waals surface area contributed by atoms with E-state index in [2.05, 4.69) is 9.85 Å². The van der Waals surface area contributed by atoms with E-state index in [1.165, 1.54) is 4.90 Å². The molecule has 0 aliphatic heterocycles. The molecule has 0 spiro atoms. The summed E-state index contributed by atoms with van der Waals surface area (Å²) in [5.41, 5.74) is 5.10. The average Bonchev–Trinajstić information content (AvgIpc) is 1.87. The SMILES string of the molecule is CC(C)N(CC#CI)C(N)=O. The second kappa shape index (κ2) is 5.24. The minimum Gasteiger partial charge on any atom is -0.351 e. The molecule has 2 amide bonds. The summed E-state index contributed by atoms with van der Waals surface area (Å²) >= 11 is 1.93. The first kappa shape index (κ1) is 10.6. The number of halogens is 1.